The van der Waals surface area contributed by atoms with Crippen LogP contribution < -0.4 is 5.32 Å². The van der Waals surface area contributed by atoms with Gasteiger partial charge in [0.05, 0.1) is 32.0 Å². The number of unbranched alkanes of at least 4 members (excludes halogenated alkanes) is 28. The summed E-state index contributed by atoms with van der Waals surface area (Å²) < 4.78 is 22.7. The zero-order chi connectivity index (χ0) is 46.8. The van der Waals surface area contributed by atoms with E-state index in [9.17, 15) is 45.6 Å². The molecule has 2 saturated heterocycles. The summed E-state index contributed by atoms with van der Waals surface area (Å²) in [4.78, 5) is 13.2. The number of hydrogen-bond donors (Lipinski definition) is 9. The van der Waals surface area contributed by atoms with Crippen molar-refractivity contribution in [3.63, 3.8) is 0 Å². The van der Waals surface area contributed by atoms with Gasteiger partial charge in [-0.2, -0.15) is 0 Å². The van der Waals surface area contributed by atoms with Crippen LogP contribution in [0.3, 0.4) is 0 Å². The quantitative estimate of drug-likeness (QED) is 0.0282. The summed E-state index contributed by atoms with van der Waals surface area (Å²) >= 11 is 0. The summed E-state index contributed by atoms with van der Waals surface area (Å²) in [5, 5.41) is 86.7. The molecule has 0 spiro atoms. The number of nitrogens with one attached hydrogen (secondary N) is 1. The number of carbonyl (C=O) groups excluding carboxylic acids is 1. The van der Waals surface area contributed by atoms with Gasteiger partial charge in [-0.25, -0.2) is 0 Å². The monoisotopic (exact) mass is 920 g/mol. The van der Waals surface area contributed by atoms with Gasteiger partial charge in [-0.3, -0.25) is 4.79 Å². The third-order valence-electron chi connectivity index (χ3n) is 13.3. The van der Waals surface area contributed by atoms with Crippen LogP contribution in [0, 0.1) is 0 Å². The number of hydrogen-bond acceptors (Lipinski definition) is 13. The van der Waals surface area contributed by atoms with E-state index in [-0.39, 0.29) is 12.5 Å². The molecule has 1 amide bonds. The summed E-state index contributed by atoms with van der Waals surface area (Å²) in [7, 11) is 0. The Labute approximate surface area is 387 Å². The van der Waals surface area contributed by atoms with Crippen LogP contribution in [-0.2, 0) is 23.7 Å². The average molecular weight is 920 g/mol. The molecule has 0 radical (unpaired) electrons. The summed E-state index contributed by atoms with van der Waals surface area (Å²) in [6.07, 6.45) is 21.4. The Morgan fingerprint density at radius 2 is 0.891 bits per heavy atom. The molecule has 0 aromatic heterocycles. The second kappa shape index (κ2) is 37.9. The fourth-order valence-electron chi connectivity index (χ4n) is 9.00. The molecule has 9 N–H and O–H groups in total. The molecular formula is C50H97NO13. The van der Waals surface area contributed by atoms with Crippen LogP contribution in [0.2, 0.25) is 0 Å². The molecule has 14 nitrogen and oxygen atoms in total. The first-order valence-electron chi connectivity index (χ1n) is 26.3. The van der Waals surface area contributed by atoms with Crippen LogP contribution in [0.4, 0.5) is 0 Å². The lowest BCUT2D eigenvalue weighted by atomic mass is 9.97. The van der Waals surface area contributed by atoms with E-state index in [2.05, 4.69) is 19.2 Å². The molecule has 12 atom stereocenters. The smallest absolute Gasteiger partial charge is 0.220 e. The predicted octanol–water partition coefficient (Wildman–Crippen LogP) is 7.00. The molecule has 14 heteroatoms. The van der Waals surface area contributed by atoms with Gasteiger partial charge in [-0.05, 0) is 12.8 Å². The van der Waals surface area contributed by atoms with Crippen LogP contribution in [0.1, 0.15) is 219 Å². The van der Waals surface area contributed by atoms with Crippen molar-refractivity contribution in [1.29, 1.82) is 0 Å². The van der Waals surface area contributed by atoms with Gasteiger partial charge in [0.2, 0.25) is 5.91 Å². The second-order valence-corrected chi connectivity index (χ2v) is 19.0. The Hall–Kier alpha value is -1.01. The summed E-state index contributed by atoms with van der Waals surface area (Å²) in [6, 6.07) is -0.819. The first-order valence-corrected chi connectivity index (χ1v) is 26.3. The van der Waals surface area contributed by atoms with Gasteiger partial charge in [0.25, 0.3) is 0 Å². The molecule has 2 heterocycles. The van der Waals surface area contributed by atoms with Crippen molar-refractivity contribution in [2.45, 2.75) is 293 Å². The van der Waals surface area contributed by atoms with Crippen molar-refractivity contribution in [3.05, 3.63) is 0 Å². The molecule has 2 fully saturated rings. The Balaban J connectivity index is 1.72. The molecular weight excluding hydrogens is 823 g/mol. The normalized spacial score (nSPS) is 27.2. The highest BCUT2D eigenvalue weighted by Crippen LogP contribution is 2.30. The molecule has 0 bridgehead atoms. The number of aliphatic hydroxyl groups is 8. The van der Waals surface area contributed by atoms with Gasteiger partial charge in [0, 0.05) is 6.42 Å². The topological polar surface area (TPSA) is 228 Å². The lowest BCUT2D eigenvalue weighted by Gasteiger charge is -2.46. The second-order valence-electron chi connectivity index (χ2n) is 19.0. The fraction of sp³-hybridized carbons (Fsp3) is 0.980. The van der Waals surface area contributed by atoms with Crippen LogP contribution in [0.15, 0.2) is 0 Å². The van der Waals surface area contributed by atoms with Crippen LogP contribution in [0.5, 0.6) is 0 Å². The molecule has 0 aromatic carbocycles. The molecule has 0 aliphatic carbocycles. The zero-order valence-electron chi connectivity index (χ0n) is 40.3. The van der Waals surface area contributed by atoms with Crippen LogP contribution in [-0.4, -0.2) is 140 Å². The van der Waals surface area contributed by atoms with Crippen molar-refractivity contribution < 1.29 is 64.6 Å². The van der Waals surface area contributed by atoms with Crippen molar-refractivity contribution in [1.82, 2.24) is 5.32 Å². The lowest BCUT2D eigenvalue weighted by Crippen LogP contribution is -2.65. The van der Waals surface area contributed by atoms with E-state index in [4.69, 9.17) is 18.9 Å². The minimum absolute atomic E-state index is 0.205. The van der Waals surface area contributed by atoms with E-state index in [1.54, 1.807) is 0 Å². The number of amides is 1. The van der Waals surface area contributed by atoms with Gasteiger partial charge in [0.1, 0.15) is 48.8 Å². The highest BCUT2D eigenvalue weighted by molar-refractivity contribution is 5.76. The van der Waals surface area contributed by atoms with Gasteiger partial charge in [-0.15, -0.1) is 0 Å². The first kappa shape index (κ1) is 59.1. The van der Waals surface area contributed by atoms with E-state index in [0.717, 1.165) is 51.4 Å². The van der Waals surface area contributed by atoms with Gasteiger partial charge in [0.15, 0.2) is 12.6 Å². The lowest BCUT2D eigenvalue weighted by molar-refractivity contribution is -0.359. The number of carbonyl (C=O) groups is 1. The fourth-order valence-corrected chi connectivity index (χ4v) is 9.00. The maximum atomic E-state index is 13.2. The molecule has 0 saturated carbocycles. The first-order chi connectivity index (χ1) is 31.1. The van der Waals surface area contributed by atoms with E-state index < -0.39 is 86.8 Å². The number of ether oxygens (including phenoxy) is 4. The third kappa shape index (κ3) is 24.8. The van der Waals surface area contributed by atoms with Crippen LogP contribution >= 0.6 is 0 Å². The van der Waals surface area contributed by atoms with Crippen molar-refractivity contribution in [2.75, 3.05) is 19.8 Å². The van der Waals surface area contributed by atoms with E-state index in [0.29, 0.717) is 12.8 Å². The molecule has 2 rings (SSSR count). The van der Waals surface area contributed by atoms with Crippen molar-refractivity contribution in [2.24, 2.45) is 0 Å². The minimum atomic E-state index is -1.78. The highest BCUT2D eigenvalue weighted by atomic mass is 16.7. The number of aliphatic hydroxyl groups excluding tert-OH is 8. The van der Waals surface area contributed by atoms with Crippen LogP contribution in [0.25, 0.3) is 0 Å². The molecule has 380 valence electrons. The maximum Gasteiger partial charge on any atom is 0.220 e. The SMILES string of the molecule is CCCCCCCCCCCCCCCCCCCCCCCCC(=O)NC(COC1OC(CO)C(OC2OC(CO)C(O)C(O)C2O)C(O)C1O)C(O)CCCCCCCCCC. The molecule has 0 aromatic rings. The number of rotatable bonds is 41. The van der Waals surface area contributed by atoms with Gasteiger partial charge < -0.3 is 65.1 Å². The Morgan fingerprint density at radius 3 is 1.33 bits per heavy atom. The van der Waals surface area contributed by atoms with Crippen molar-refractivity contribution >= 4 is 5.91 Å². The minimum Gasteiger partial charge on any atom is -0.394 e. The maximum absolute atomic E-state index is 13.2. The Bertz CT molecular complexity index is 1090. The van der Waals surface area contributed by atoms with Gasteiger partial charge in [-0.1, -0.05) is 200 Å². The average Bonchev–Trinajstić information content (AvgIpc) is 3.29. The molecule has 12 unspecified atom stereocenters. The highest BCUT2D eigenvalue weighted by Gasteiger charge is 2.51. The van der Waals surface area contributed by atoms with E-state index in [1.807, 2.05) is 0 Å². The third-order valence-corrected chi connectivity index (χ3v) is 13.3. The van der Waals surface area contributed by atoms with E-state index in [1.165, 1.54) is 141 Å². The largest absolute Gasteiger partial charge is 0.394 e. The Kier molecular flexibility index (Phi) is 35.0. The summed E-state index contributed by atoms with van der Waals surface area (Å²) in [6.45, 7) is 2.83. The van der Waals surface area contributed by atoms with Crippen molar-refractivity contribution in [3.8, 4) is 0 Å². The summed E-state index contributed by atoms with van der Waals surface area (Å²) in [5.74, 6) is -0.205. The zero-order valence-corrected chi connectivity index (χ0v) is 40.3. The van der Waals surface area contributed by atoms with E-state index >= 15 is 0 Å². The van der Waals surface area contributed by atoms with Gasteiger partial charge >= 0.3 is 0 Å². The summed E-state index contributed by atoms with van der Waals surface area (Å²) in [5.41, 5.74) is 0. The predicted molar refractivity (Wildman–Crippen MR) is 249 cm³/mol. The Morgan fingerprint density at radius 1 is 0.500 bits per heavy atom. The standard InChI is InChI=1S/C50H97NO13/c1-3-5-7-9-11-13-14-15-16-17-18-19-20-21-22-23-24-25-26-28-30-32-34-42(55)51-38(39(54)33-31-29-27-12-10-8-6-4-2)37-61-49-47(60)45(58)48(41(36-53)63-49)64-50-46(59)44(57)43(56)40(35-52)62-50/h38-41,43-50,52-54,56-60H,3-37H2,1-2H3,(H,51,55). The molecule has 2 aliphatic heterocycles. The molecule has 64 heavy (non-hydrogen) atoms. The molecule has 2 aliphatic rings.